The van der Waals surface area contributed by atoms with Gasteiger partial charge in [0.1, 0.15) is 0 Å². The van der Waals surface area contributed by atoms with Gasteiger partial charge in [-0.05, 0) is 12.8 Å². The molecule has 9 heavy (non-hydrogen) atoms. The zero-order chi connectivity index (χ0) is 7.28. The second-order valence-electron chi connectivity index (χ2n) is 2.24. The van der Waals surface area contributed by atoms with Gasteiger partial charge in [0.05, 0.1) is 0 Å². The van der Waals surface area contributed by atoms with Crippen LogP contribution in [0.5, 0.6) is 0 Å². The largest absolute Gasteiger partial charge is 0.286 e. The number of hydrogen-bond donors (Lipinski definition) is 1. The minimum absolute atomic E-state index is 0.512. The van der Waals surface area contributed by atoms with Crippen molar-refractivity contribution in [3.05, 3.63) is 12.8 Å². The highest BCUT2D eigenvalue weighted by atomic mass is 15.3. The summed E-state index contributed by atoms with van der Waals surface area (Å²) in [5, 5.41) is 3.99. The maximum absolute atomic E-state index is 3.99. The summed E-state index contributed by atoms with van der Waals surface area (Å²) in [7, 11) is 0. The summed E-state index contributed by atoms with van der Waals surface area (Å²) >= 11 is 0. The molecular weight excluding hydrogens is 112 g/mol. The van der Waals surface area contributed by atoms with Gasteiger partial charge in [0.25, 0.3) is 0 Å². The Bertz CT molecular complexity index is 114. The van der Waals surface area contributed by atoms with Crippen molar-refractivity contribution in [1.82, 2.24) is 5.43 Å². The second kappa shape index (κ2) is 4.13. The zero-order valence-corrected chi connectivity index (χ0v) is 6.31. The van der Waals surface area contributed by atoms with E-state index in [9.17, 15) is 0 Å². The fourth-order valence-corrected chi connectivity index (χ4v) is 0.277. The number of hydrogen-bond acceptors (Lipinski definition) is 2. The Hall–Kier alpha value is -0.790. The highest BCUT2D eigenvalue weighted by Crippen LogP contribution is 1.93. The standard InChI is InChI=1S/C7H14N2/c1-5-8-9-7(4)6(2)3/h5-6,8H,1H2,2-4H3/b9-7+. The van der Waals surface area contributed by atoms with E-state index in [2.05, 4.69) is 31.0 Å². The van der Waals surface area contributed by atoms with Crippen LogP contribution in [-0.2, 0) is 0 Å². The van der Waals surface area contributed by atoms with Gasteiger partial charge in [-0.1, -0.05) is 20.4 Å². The van der Waals surface area contributed by atoms with Gasteiger partial charge in [0, 0.05) is 11.9 Å². The summed E-state index contributed by atoms with van der Waals surface area (Å²) in [6.45, 7) is 9.66. The Morgan fingerprint density at radius 1 is 1.67 bits per heavy atom. The molecule has 0 aromatic rings. The molecule has 0 bridgehead atoms. The normalized spacial score (nSPS) is 11.8. The van der Waals surface area contributed by atoms with Gasteiger partial charge in [0.15, 0.2) is 0 Å². The second-order valence-corrected chi connectivity index (χ2v) is 2.24. The molecule has 2 heteroatoms. The number of rotatable bonds is 3. The summed E-state index contributed by atoms with van der Waals surface area (Å²) in [6.07, 6.45) is 1.56. The molecule has 0 fully saturated rings. The fourth-order valence-electron chi connectivity index (χ4n) is 0.277. The van der Waals surface area contributed by atoms with Crippen LogP contribution in [0, 0.1) is 5.92 Å². The maximum atomic E-state index is 3.99. The van der Waals surface area contributed by atoms with Crippen molar-refractivity contribution in [3.63, 3.8) is 0 Å². The highest BCUT2D eigenvalue weighted by molar-refractivity contribution is 5.83. The lowest BCUT2D eigenvalue weighted by Gasteiger charge is -2.01. The van der Waals surface area contributed by atoms with Gasteiger partial charge < -0.3 is 0 Å². The monoisotopic (exact) mass is 126 g/mol. The van der Waals surface area contributed by atoms with E-state index in [4.69, 9.17) is 0 Å². The summed E-state index contributed by atoms with van der Waals surface area (Å²) in [4.78, 5) is 0. The first-order chi connectivity index (χ1) is 4.18. The maximum Gasteiger partial charge on any atom is 0.0376 e. The molecule has 0 saturated carbocycles. The summed E-state index contributed by atoms with van der Waals surface area (Å²) < 4.78 is 0. The molecule has 0 unspecified atom stereocenters. The van der Waals surface area contributed by atoms with Crippen LogP contribution < -0.4 is 5.43 Å². The lowest BCUT2D eigenvalue weighted by atomic mass is 10.1. The lowest BCUT2D eigenvalue weighted by molar-refractivity contribution is 0.843. The quantitative estimate of drug-likeness (QED) is 0.452. The molecule has 0 amide bonds. The third-order valence-electron chi connectivity index (χ3n) is 1.17. The van der Waals surface area contributed by atoms with Gasteiger partial charge in [-0.3, -0.25) is 5.43 Å². The van der Waals surface area contributed by atoms with Crippen molar-refractivity contribution in [2.24, 2.45) is 11.0 Å². The van der Waals surface area contributed by atoms with Gasteiger partial charge >= 0.3 is 0 Å². The molecule has 0 heterocycles. The number of nitrogens with one attached hydrogen (secondary N) is 1. The molecule has 0 saturated heterocycles. The first-order valence-electron chi connectivity index (χ1n) is 3.09. The number of hydrazone groups is 1. The van der Waals surface area contributed by atoms with E-state index in [1.165, 1.54) is 0 Å². The third-order valence-corrected chi connectivity index (χ3v) is 1.17. The Labute approximate surface area is 56.7 Å². The van der Waals surface area contributed by atoms with Crippen LogP contribution in [0.4, 0.5) is 0 Å². The van der Waals surface area contributed by atoms with E-state index in [0.29, 0.717) is 5.92 Å². The Morgan fingerprint density at radius 3 is 2.56 bits per heavy atom. The predicted molar refractivity (Wildman–Crippen MR) is 41.3 cm³/mol. The van der Waals surface area contributed by atoms with E-state index in [0.717, 1.165) is 5.71 Å². The topological polar surface area (TPSA) is 24.4 Å². The lowest BCUT2D eigenvalue weighted by Crippen LogP contribution is -2.06. The van der Waals surface area contributed by atoms with Crippen LogP contribution in [0.1, 0.15) is 20.8 Å². The Kier molecular flexibility index (Phi) is 3.76. The zero-order valence-electron chi connectivity index (χ0n) is 6.31. The van der Waals surface area contributed by atoms with Crippen LogP contribution in [0.25, 0.3) is 0 Å². The molecule has 0 radical (unpaired) electrons. The average Bonchev–Trinajstić information content (AvgIpc) is 1.82. The van der Waals surface area contributed by atoms with Crippen molar-refractivity contribution in [2.45, 2.75) is 20.8 Å². The van der Waals surface area contributed by atoms with Crippen molar-refractivity contribution in [3.8, 4) is 0 Å². The van der Waals surface area contributed by atoms with E-state index in [1.54, 1.807) is 6.20 Å². The van der Waals surface area contributed by atoms with Crippen LogP contribution in [0.3, 0.4) is 0 Å². The fraction of sp³-hybridized carbons (Fsp3) is 0.571. The van der Waals surface area contributed by atoms with Gasteiger partial charge in [-0.2, -0.15) is 5.10 Å². The van der Waals surface area contributed by atoms with Crippen LogP contribution >= 0.6 is 0 Å². The van der Waals surface area contributed by atoms with Crippen molar-refractivity contribution < 1.29 is 0 Å². The Balaban J connectivity index is 3.68. The molecule has 0 aromatic heterocycles. The molecule has 0 aliphatic carbocycles. The smallest absolute Gasteiger partial charge is 0.0376 e. The van der Waals surface area contributed by atoms with Crippen LogP contribution in [0.2, 0.25) is 0 Å². The molecule has 0 spiro atoms. The molecule has 0 rings (SSSR count). The molecule has 0 aliphatic rings. The van der Waals surface area contributed by atoms with E-state index in [1.807, 2.05) is 6.92 Å². The molecule has 0 atom stereocenters. The first kappa shape index (κ1) is 8.21. The van der Waals surface area contributed by atoms with Crippen LogP contribution in [-0.4, -0.2) is 5.71 Å². The molecule has 2 nitrogen and oxygen atoms in total. The number of nitrogens with zero attached hydrogens (tertiary/aromatic N) is 1. The van der Waals surface area contributed by atoms with E-state index < -0.39 is 0 Å². The van der Waals surface area contributed by atoms with E-state index >= 15 is 0 Å². The molecular formula is C7H14N2. The van der Waals surface area contributed by atoms with Crippen LogP contribution in [0.15, 0.2) is 17.9 Å². The minimum atomic E-state index is 0.512. The van der Waals surface area contributed by atoms with Gasteiger partial charge in [0.2, 0.25) is 0 Å². The molecule has 1 N–H and O–H groups in total. The predicted octanol–water partition coefficient (Wildman–Crippen LogP) is 1.75. The SMILES string of the molecule is C=CN/N=C(\C)C(C)C. The first-order valence-corrected chi connectivity index (χ1v) is 3.09. The van der Waals surface area contributed by atoms with Crippen molar-refractivity contribution in [2.75, 3.05) is 0 Å². The van der Waals surface area contributed by atoms with Gasteiger partial charge in [-0.15, -0.1) is 0 Å². The van der Waals surface area contributed by atoms with Crippen molar-refractivity contribution >= 4 is 5.71 Å². The average molecular weight is 126 g/mol. The summed E-state index contributed by atoms with van der Waals surface area (Å²) in [5.41, 5.74) is 3.77. The minimum Gasteiger partial charge on any atom is -0.286 e. The van der Waals surface area contributed by atoms with Crippen molar-refractivity contribution in [1.29, 1.82) is 0 Å². The molecule has 0 aromatic carbocycles. The van der Waals surface area contributed by atoms with E-state index in [-0.39, 0.29) is 0 Å². The van der Waals surface area contributed by atoms with Gasteiger partial charge in [-0.25, -0.2) is 0 Å². The molecule has 0 aliphatic heterocycles. The summed E-state index contributed by atoms with van der Waals surface area (Å²) in [5.74, 6) is 0.512. The third kappa shape index (κ3) is 3.76. The molecule has 52 valence electrons. The summed E-state index contributed by atoms with van der Waals surface area (Å²) in [6, 6.07) is 0. The highest BCUT2D eigenvalue weighted by Gasteiger charge is 1.94. The Morgan fingerprint density at radius 2 is 2.22 bits per heavy atom.